The fraction of sp³-hybridized carbons (Fsp3) is 0.333. The first-order chi connectivity index (χ1) is 12.1. The summed E-state index contributed by atoms with van der Waals surface area (Å²) < 4.78 is 0. The van der Waals surface area contributed by atoms with Crippen molar-refractivity contribution in [2.45, 2.75) is 25.7 Å². The predicted octanol–water partition coefficient (Wildman–Crippen LogP) is 4.80. The van der Waals surface area contributed by atoms with Gasteiger partial charge >= 0.3 is 0 Å². The van der Waals surface area contributed by atoms with Gasteiger partial charge in [0.15, 0.2) is 0 Å². The lowest BCUT2D eigenvalue weighted by Crippen LogP contribution is -1.97. The smallest absolute Gasteiger partial charge is 0.258 e. The van der Waals surface area contributed by atoms with Crippen LogP contribution in [0.4, 0.5) is 11.4 Å². The van der Waals surface area contributed by atoms with E-state index in [0.29, 0.717) is 12.8 Å². The Hall–Kier alpha value is -2.41. The molecule has 0 bridgehead atoms. The minimum absolute atomic E-state index is 0.184. The molecular weight excluding hydrogens is 340 g/mol. The summed E-state index contributed by atoms with van der Waals surface area (Å²) in [5, 5.41) is 21.9. The molecule has 0 spiro atoms. The lowest BCUT2D eigenvalue weighted by Gasteiger charge is -2.04. The van der Waals surface area contributed by atoms with Crippen molar-refractivity contribution in [2.24, 2.45) is 0 Å². The van der Waals surface area contributed by atoms with Gasteiger partial charge < -0.3 is 0 Å². The zero-order chi connectivity index (χ0) is 18.1. The molecule has 0 heterocycles. The maximum Gasteiger partial charge on any atom is 0.272 e. The van der Waals surface area contributed by atoms with E-state index in [-0.39, 0.29) is 21.2 Å². The lowest BCUT2D eigenvalue weighted by atomic mass is 10.1. The van der Waals surface area contributed by atoms with Gasteiger partial charge in [-0.2, -0.15) is 11.8 Å². The van der Waals surface area contributed by atoms with Gasteiger partial charge in [0.05, 0.1) is 9.85 Å². The van der Waals surface area contributed by atoms with Crippen molar-refractivity contribution >= 4 is 23.1 Å². The van der Waals surface area contributed by atoms with Crippen LogP contribution in [0.5, 0.6) is 0 Å². The Kier molecular flexibility index (Phi) is 7.40. The molecule has 0 atom stereocenters. The fourth-order valence-corrected chi connectivity index (χ4v) is 3.53. The van der Waals surface area contributed by atoms with Crippen molar-refractivity contribution in [1.29, 1.82) is 0 Å². The molecule has 2 aromatic carbocycles. The van der Waals surface area contributed by atoms with Crippen molar-refractivity contribution in [2.75, 3.05) is 11.5 Å². The molecule has 7 heteroatoms. The molecule has 0 saturated heterocycles. The number of nitro benzene ring substituents is 2. The van der Waals surface area contributed by atoms with Gasteiger partial charge in [-0.05, 0) is 37.2 Å². The number of aryl methyl sites for hydroxylation is 2. The summed E-state index contributed by atoms with van der Waals surface area (Å²) in [5.41, 5.74) is 1.91. The van der Waals surface area contributed by atoms with Gasteiger partial charge in [0, 0.05) is 23.3 Å². The lowest BCUT2D eigenvalue weighted by molar-refractivity contribution is -0.385. The second-order valence-corrected chi connectivity index (χ2v) is 6.82. The molecule has 6 nitrogen and oxygen atoms in total. The van der Waals surface area contributed by atoms with E-state index in [1.54, 1.807) is 36.0 Å². The highest BCUT2D eigenvalue weighted by atomic mass is 32.2. The molecule has 0 unspecified atom stereocenters. The maximum atomic E-state index is 11.0. The van der Waals surface area contributed by atoms with Gasteiger partial charge in [-0.1, -0.05) is 36.4 Å². The number of rotatable bonds is 10. The van der Waals surface area contributed by atoms with E-state index >= 15 is 0 Å². The van der Waals surface area contributed by atoms with Crippen LogP contribution < -0.4 is 0 Å². The molecule has 25 heavy (non-hydrogen) atoms. The van der Waals surface area contributed by atoms with Crippen LogP contribution in [-0.2, 0) is 12.8 Å². The fourth-order valence-electron chi connectivity index (χ4n) is 2.63. The van der Waals surface area contributed by atoms with Gasteiger partial charge in [-0.3, -0.25) is 20.2 Å². The number of benzene rings is 2. The first-order valence-electron chi connectivity index (χ1n) is 8.12. The Morgan fingerprint density at radius 3 is 1.52 bits per heavy atom. The number of nitro groups is 2. The van der Waals surface area contributed by atoms with Crippen molar-refractivity contribution in [1.82, 2.24) is 0 Å². The standard InChI is InChI=1S/C18H20N2O4S/c21-19(22)17-11-3-1-7-15(17)9-5-13-25-14-6-10-16-8-2-4-12-18(16)20(23)24/h1-4,7-8,11-12H,5-6,9-10,13-14H2. The maximum absolute atomic E-state index is 11.0. The summed E-state index contributed by atoms with van der Waals surface area (Å²) in [6.07, 6.45) is 3.13. The third-order valence-electron chi connectivity index (χ3n) is 3.85. The molecular formula is C18H20N2O4S. The molecule has 0 fully saturated rings. The summed E-state index contributed by atoms with van der Waals surface area (Å²) in [6.45, 7) is 0. The second kappa shape index (κ2) is 9.78. The minimum atomic E-state index is -0.338. The number of hydrogen-bond donors (Lipinski definition) is 0. The van der Waals surface area contributed by atoms with E-state index in [1.165, 1.54) is 12.1 Å². The van der Waals surface area contributed by atoms with Gasteiger partial charge in [0.25, 0.3) is 11.4 Å². The Balaban J connectivity index is 1.68. The van der Waals surface area contributed by atoms with Crippen molar-refractivity contribution < 1.29 is 9.85 Å². The molecule has 0 N–H and O–H groups in total. The predicted molar refractivity (Wildman–Crippen MR) is 100 cm³/mol. The zero-order valence-electron chi connectivity index (χ0n) is 13.8. The number of nitrogens with zero attached hydrogens (tertiary/aromatic N) is 2. The molecule has 0 aliphatic carbocycles. The normalized spacial score (nSPS) is 10.6. The minimum Gasteiger partial charge on any atom is -0.258 e. The third-order valence-corrected chi connectivity index (χ3v) is 5.00. The van der Waals surface area contributed by atoms with E-state index in [2.05, 4.69) is 0 Å². The third kappa shape index (κ3) is 5.86. The SMILES string of the molecule is O=[N+]([O-])c1ccccc1CCCSCCCc1ccccc1[N+](=O)[O-]. The summed E-state index contributed by atoms with van der Waals surface area (Å²) in [4.78, 5) is 21.2. The van der Waals surface area contributed by atoms with Gasteiger partial charge in [0.1, 0.15) is 0 Å². The van der Waals surface area contributed by atoms with Crippen LogP contribution in [0, 0.1) is 20.2 Å². The number of para-hydroxylation sites is 2. The topological polar surface area (TPSA) is 86.3 Å². The van der Waals surface area contributed by atoms with Crippen molar-refractivity contribution in [3.63, 3.8) is 0 Å². The molecule has 0 aromatic heterocycles. The summed E-state index contributed by atoms with van der Waals surface area (Å²) in [6, 6.07) is 13.7. The second-order valence-electron chi connectivity index (χ2n) is 5.59. The van der Waals surface area contributed by atoms with E-state index in [0.717, 1.165) is 35.5 Å². The van der Waals surface area contributed by atoms with Crippen LogP contribution in [0.1, 0.15) is 24.0 Å². The number of hydrogen-bond acceptors (Lipinski definition) is 5. The molecule has 0 aliphatic heterocycles. The van der Waals surface area contributed by atoms with Crippen LogP contribution in [-0.4, -0.2) is 21.4 Å². The van der Waals surface area contributed by atoms with Crippen LogP contribution in [0.25, 0.3) is 0 Å². The summed E-state index contributed by atoms with van der Waals surface area (Å²) >= 11 is 1.78. The van der Waals surface area contributed by atoms with E-state index in [4.69, 9.17) is 0 Å². The average Bonchev–Trinajstić information content (AvgIpc) is 2.61. The largest absolute Gasteiger partial charge is 0.272 e. The molecule has 0 radical (unpaired) electrons. The Morgan fingerprint density at radius 2 is 1.12 bits per heavy atom. The van der Waals surface area contributed by atoms with E-state index in [9.17, 15) is 20.2 Å². The van der Waals surface area contributed by atoms with Gasteiger partial charge in [0.2, 0.25) is 0 Å². The van der Waals surface area contributed by atoms with Crippen LogP contribution in [0.15, 0.2) is 48.5 Å². The Morgan fingerprint density at radius 1 is 0.720 bits per heavy atom. The molecule has 2 aromatic rings. The van der Waals surface area contributed by atoms with Crippen LogP contribution in [0.3, 0.4) is 0 Å². The summed E-state index contributed by atoms with van der Waals surface area (Å²) in [5.74, 6) is 1.84. The van der Waals surface area contributed by atoms with Crippen molar-refractivity contribution in [3.05, 3.63) is 79.9 Å². The number of thioether (sulfide) groups is 1. The van der Waals surface area contributed by atoms with E-state index < -0.39 is 0 Å². The van der Waals surface area contributed by atoms with Crippen LogP contribution in [0.2, 0.25) is 0 Å². The molecule has 0 aliphatic rings. The van der Waals surface area contributed by atoms with Gasteiger partial charge in [-0.15, -0.1) is 0 Å². The zero-order valence-corrected chi connectivity index (χ0v) is 14.6. The Labute approximate surface area is 150 Å². The summed E-state index contributed by atoms with van der Waals surface area (Å²) in [7, 11) is 0. The van der Waals surface area contributed by atoms with Gasteiger partial charge in [-0.25, -0.2) is 0 Å². The molecule has 0 saturated carbocycles. The van der Waals surface area contributed by atoms with Crippen LogP contribution >= 0.6 is 11.8 Å². The highest BCUT2D eigenvalue weighted by Gasteiger charge is 2.12. The average molecular weight is 360 g/mol. The molecule has 2 rings (SSSR count). The first kappa shape index (κ1) is 18.9. The molecule has 0 amide bonds. The Bertz CT molecular complexity index is 675. The van der Waals surface area contributed by atoms with E-state index in [1.807, 2.05) is 12.1 Å². The monoisotopic (exact) mass is 360 g/mol. The highest BCUT2D eigenvalue weighted by Crippen LogP contribution is 2.22. The quantitative estimate of drug-likeness (QED) is 0.345. The van der Waals surface area contributed by atoms with Crippen molar-refractivity contribution in [3.8, 4) is 0 Å². The highest BCUT2D eigenvalue weighted by molar-refractivity contribution is 7.99. The first-order valence-corrected chi connectivity index (χ1v) is 9.27. The molecule has 132 valence electrons.